The third-order valence-electron chi connectivity index (χ3n) is 4.24. The first-order chi connectivity index (χ1) is 10.2. The van der Waals surface area contributed by atoms with Crippen LogP contribution in [-0.4, -0.2) is 16.7 Å². The fraction of sp³-hybridized carbons (Fsp3) is 0.333. The minimum absolute atomic E-state index is 0.0675. The van der Waals surface area contributed by atoms with Crippen LogP contribution in [0.1, 0.15) is 26.2 Å². The van der Waals surface area contributed by atoms with Gasteiger partial charge in [0.05, 0.1) is 23.0 Å². The number of nitrogens with zero attached hydrogens (tertiary/aromatic N) is 1. The van der Waals surface area contributed by atoms with Gasteiger partial charge in [-0.15, -0.1) is 0 Å². The van der Waals surface area contributed by atoms with Crippen molar-refractivity contribution in [3.63, 3.8) is 0 Å². The van der Waals surface area contributed by atoms with Crippen LogP contribution in [0.5, 0.6) is 0 Å². The highest BCUT2D eigenvalue weighted by Gasteiger charge is 2.37. The molecule has 0 spiro atoms. The lowest BCUT2D eigenvalue weighted by molar-refractivity contribution is 0.0394. The number of benzene rings is 2. The standard InChI is InChI=1S/C18H22N2O/c1-18(21)14-8-13-17(18)19-20(15-9-4-2-5-10-15)16-11-6-3-7-12-16/h2-7,9-12,17,19,21H,8,13-14H2,1H3/t17-,18-/m0/s1. The predicted octanol–water partition coefficient (Wildman–Crippen LogP) is 3.63. The number of anilines is 2. The third-order valence-corrected chi connectivity index (χ3v) is 4.24. The maximum atomic E-state index is 10.5. The lowest BCUT2D eigenvalue weighted by Crippen LogP contribution is -2.51. The molecule has 0 amide bonds. The molecule has 0 saturated heterocycles. The van der Waals surface area contributed by atoms with Crippen molar-refractivity contribution >= 4 is 11.4 Å². The molecule has 3 heteroatoms. The number of aliphatic hydroxyl groups is 1. The van der Waals surface area contributed by atoms with E-state index in [2.05, 4.69) is 34.7 Å². The molecule has 3 nitrogen and oxygen atoms in total. The number of hydrogen-bond acceptors (Lipinski definition) is 3. The maximum Gasteiger partial charge on any atom is 0.0790 e. The van der Waals surface area contributed by atoms with Crippen molar-refractivity contribution in [1.29, 1.82) is 0 Å². The fourth-order valence-corrected chi connectivity index (χ4v) is 2.96. The summed E-state index contributed by atoms with van der Waals surface area (Å²) in [6.07, 6.45) is 2.90. The van der Waals surface area contributed by atoms with Crippen molar-refractivity contribution in [3.05, 3.63) is 60.7 Å². The van der Waals surface area contributed by atoms with E-state index in [1.165, 1.54) is 0 Å². The average Bonchev–Trinajstić information content (AvgIpc) is 2.85. The number of rotatable bonds is 4. The molecular formula is C18H22N2O. The molecule has 1 saturated carbocycles. The molecule has 1 fully saturated rings. The van der Waals surface area contributed by atoms with Gasteiger partial charge in [-0.25, -0.2) is 5.43 Å². The van der Waals surface area contributed by atoms with Crippen molar-refractivity contribution in [1.82, 2.24) is 5.43 Å². The summed E-state index contributed by atoms with van der Waals surface area (Å²) in [5.74, 6) is 0. The SMILES string of the molecule is C[C@]1(O)CCC[C@@H]1NN(c1ccccc1)c1ccccc1. The molecule has 0 heterocycles. The monoisotopic (exact) mass is 282 g/mol. The molecular weight excluding hydrogens is 260 g/mol. The Kier molecular flexibility index (Phi) is 3.95. The minimum Gasteiger partial charge on any atom is -0.388 e. The average molecular weight is 282 g/mol. The van der Waals surface area contributed by atoms with Gasteiger partial charge < -0.3 is 5.11 Å². The maximum absolute atomic E-state index is 10.5. The summed E-state index contributed by atoms with van der Waals surface area (Å²) < 4.78 is 0. The van der Waals surface area contributed by atoms with Crippen molar-refractivity contribution in [3.8, 4) is 0 Å². The van der Waals surface area contributed by atoms with Crippen LogP contribution < -0.4 is 10.4 Å². The van der Waals surface area contributed by atoms with Crippen LogP contribution in [0.25, 0.3) is 0 Å². The van der Waals surface area contributed by atoms with E-state index < -0.39 is 5.60 Å². The summed E-state index contributed by atoms with van der Waals surface area (Å²) in [6.45, 7) is 1.92. The second-order valence-corrected chi connectivity index (χ2v) is 5.94. The summed E-state index contributed by atoms with van der Waals surface area (Å²) in [7, 11) is 0. The Morgan fingerprint density at radius 3 is 1.95 bits per heavy atom. The number of para-hydroxylation sites is 2. The Labute approximate surface area is 126 Å². The Balaban J connectivity index is 1.90. The molecule has 2 atom stereocenters. The lowest BCUT2D eigenvalue weighted by Gasteiger charge is -2.34. The Hall–Kier alpha value is -1.84. The zero-order valence-corrected chi connectivity index (χ0v) is 12.4. The number of hydrazine groups is 1. The first-order valence-electron chi connectivity index (χ1n) is 7.55. The van der Waals surface area contributed by atoms with E-state index in [0.717, 1.165) is 30.6 Å². The summed E-state index contributed by atoms with van der Waals surface area (Å²) in [5, 5.41) is 12.6. The van der Waals surface area contributed by atoms with Crippen LogP contribution in [-0.2, 0) is 0 Å². The lowest BCUT2D eigenvalue weighted by atomic mass is 10.0. The van der Waals surface area contributed by atoms with Gasteiger partial charge in [0.2, 0.25) is 0 Å². The van der Waals surface area contributed by atoms with E-state index in [4.69, 9.17) is 0 Å². The Morgan fingerprint density at radius 2 is 1.52 bits per heavy atom. The molecule has 21 heavy (non-hydrogen) atoms. The molecule has 1 aliphatic carbocycles. The van der Waals surface area contributed by atoms with Crippen LogP contribution in [0.2, 0.25) is 0 Å². The van der Waals surface area contributed by atoms with Crippen molar-refractivity contribution in [2.24, 2.45) is 0 Å². The largest absolute Gasteiger partial charge is 0.388 e. The summed E-state index contributed by atoms with van der Waals surface area (Å²) in [5.41, 5.74) is 5.02. The van der Waals surface area contributed by atoms with Gasteiger partial charge in [0, 0.05) is 0 Å². The molecule has 0 aliphatic heterocycles. The van der Waals surface area contributed by atoms with Gasteiger partial charge in [0.25, 0.3) is 0 Å². The van der Waals surface area contributed by atoms with E-state index >= 15 is 0 Å². The molecule has 3 rings (SSSR count). The van der Waals surface area contributed by atoms with Gasteiger partial charge in [-0.2, -0.15) is 0 Å². The highest BCUT2D eigenvalue weighted by atomic mass is 16.3. The number of hydrogen-bond donors (Lipinski definition) is 2. The van der Waals surface area contributed by atoms with Gasteiger partial charge in [-0.1, -0.05) is 36.4 Å². The highest BCUT2D eigenvalue weighted by molar-refractivity contribution is 5.61. The van der Waals surface area contributed by atoms with Crippen molar-refractivity contribution in [2.75, 3.05) is 5.01 Å². The third kappa shape index (κ3) is 3.09. The van der Waals surface area contributed by atoms with Gasteiger partial charge in [-0.3, -0.25) is 5.01 Å². The van der Waals surface area contributed by atoms with E-state index in [9.17, 15) is 5.11 Å². The van der Waals surface area contributed by atoms with Crippen molar-refractivity contribution < 1.29 is 5.11 Å². The predicted molar refractivity (Wildman–Crippen MR) is 86.4 cm³/mol. The molecule has 2 aromatic carbocycles. The second kappa shape index (κ2) is 5.88. The van der Waals surface area contributed by atoms with Crippen molar-refractivity contribution in [2.45, 2.75) is 37.8 Å². The molecule has 110 valence electrons. The van der Waals surface area contributed by atoms with Gasteiger partial charge in [-0.05, 0) is 50.5 Å². The van der Waals surface area contributed by atoms with Crippen LogP contribution >= 0.6 is 0 Å². The van der Waals surface area contributed by atoms with Crippen LogP contribution in [0.4, 0.5) is 11.4 Å². The van der Waals surface area contributed by atoms with Gasteiger partial charge >= 0.3 is 0 Å². The van der Waals surface area contributed by atoms with E-state index in [-0.39, 0.29) is 6.04 Å². The Morgan fingerprint density at radius 1 is 1.00 bits per heavy atom. The quantitative estimate of drug-likeness (QED) is 0.841. The highest BCUT2D eigenvalue weighted by Crippen LogP contribution is 2.32. The Bertz CT molecular complexity index is 529. The summed E-state index contributed by atoms with van der Waals surface area (Å²) in [6, 6.07) is 20.5. The summed E-state index contributed by atoms with van der Waals surface area (Å²) >= 11 is 0. The molecule has 0 unspecified atom stereocenters. The molecule has 2 N–H and O–H groups in total. The number of nitrogens with one attached hydrogen (secondary N) is 1. The minimum atomic E-state index is -0.651. The molecule has 2 aromatic rings. The van der Waals surface area contributed by atoms with Gasteiger partial charge in [0.15, 0.2) is 0 Å². The fourth-order valence-electron chi connectivity index (χ4n) is 2.96. The van der Waals surface area contributed by atoms with E-state index in [0.29, 0.717) is 0 Å². The van der Waals surface area contributed by atoms with Crippen LogP contribution in [0.3, 0.4) is 0 Å². The molecule has 0 aromatic heterocycles. The molecule has 1 aliphatic rings. The second-order valence-electron chi connectivity index (χ2n) is 5.94. The summed E-state index contributed by atoms with van der Waals surface area (Å²) in [4.78, 5) is 0. The van der Waals surface area contributed by atoms with Crippen LogP contribution in [0.15, 0.2) is 60.7 Å². The zero-order chi connectivity index (χ0) is 14.7. The van der Waals surface area contributed by atoms with E-state index in [1.54, 1.807) is 0 Å². The first-order valence-corrected chi connectivity index (χ1v) is 7.55. The molecule has 0 bridgehead atoms. The smallest absolute Gasteiger partial charge is 0.0790 e. The van der Waals surface area contributed by atoms with Gasteiger partial charge in [0.1, 0.15) is 0 Å². The zero-order valence-electron chi connectivity index (χ0n) is 12.4. The topological polar surface area (TPSA) is 35.5 Å². The molecule has 0 radical (unpaired) electrons. The normalized spacial score (nSPS) is 25.0. The van der Waals surface area contributed by atoms with E-state index in [1.807, 2.05) is 43.3 Å². The van der Waals surface area contributed by atoms with Crippen LogP contribution in [0, 0.1) is 0 Å². The first kappa shape index (κ1) is 14.1.